The lowest BCUT2D eigenvalue weighted by Crippen LogP contribution is -2.39. The Kier molecular flexibility index (Phi) is 4.28. The normalized spacial score (nSPS) is 22.1. The molecule has 8 heteroatoms. The Morgan fingerprint density at radius 1 is 1.45 bits per heavy atom. The van der Waals surface area contributed by atoms with Crippen LogP contribution in [-0.2, 0) is 6.54 Å². The van der Waals surface area contributed by atoms with Gasteiger partial charge in [-0.1, -0.05) is 5.16 Å². The summed E-state index contributed by atoms with van der Waals surface area (Å²) in [7, 11) is 1.94. The summed E-state index contributed by atoms with van der Waals surface area (Å²) in [6, 6.07) is 0.0841. The Morgan fingerprint density at radius 3 is 3.00 bits per heavy atom. The van der Waals surface area contributed by atoms with Gasteiger partial charge in [0.15, 0.2) is 5.82 Å². The van der Waals surface area contributed by atoms with Gasteiger partial charge in [0.1, 0.15) is 12.0 Å². The molecule has 2 aromatic heterocycles. The molecule has 0 unspecified atom stereocenters. The van der Waals surface area contributed by atoms with Crippen molar-refractivity contribution in [1.29, 1.82) is 0 Å². The third kappa shape index (κ3) is 3.38. The number of likely N-dealkylation sites (tertiary alicyclic amines) is 1. The monoisotopic (exact) mass is 306 g/mol. The van der Waals surface area contributed by atoms with E-state index < -0.39 is 6.17 Å². The first-order chi connectivity index (χ1) is 10.6. The standard InChI is InChI=1S/C14H19FN6O/c1-10-18-13(19-22-10)9-21-7-11(15)5-12(21)8-20(2)14-6-16-3-4-17-14/h3-4,6,11-12H,5,7-9H2,1-2H3/t11-,12-/m0/s1. The quantitative estimate of drug-likeness (QED) is 0.822. The van der Waals surface area contributed by atoms with E-state index in [1.807, 2.05) is 11.9 Å². The fraction of sp³-hybridized carbons (Fsp3) is 0.571. The van der Waals surface area contributed by atoms with Gasteiger partial charge in [0.2, 0.25) is 5.89 Å². The Labute approximate surface area is 128 Å². The molecule has 0 saturated carbocycles. The fourth-order valence-corrected chi connectivity index (χ4v) is 2.79. The molecule has 0 N–H and O–H groups in total. The third-order valence-corrected chi connectivity index (χ3v) is 3.82. The largest absolute Gasteiger partial charge is 0.357 e. The second-order valence-electron chi connectivity index (χ2n) is 5.59. The van der Waals surface area contributed by atoms with Crippen LogP contribution in [0, 0.1) is 6.92 Å². The Hall–Kier alpha value is -2.09. The zero-order valence-corrected chi connectivity index (χ0v) is 12.7. The fourth-order valence-electron chi connectivity index (χ4n) is 2.79. The first-order valence-corrected chi connectivity index (χ1v) is 7.26. The average Bonchev–Trinajstić information content (AvgIpc) is 3.06. The van der Waals surface area contributed by atoms with Crippen molar-refractivity contribution in [2.24, 2.45) is 0 Å². The molecule has 0 aliphatic carbocycles. The lowest BCUT2D eigenvalue weighted by atomic mass is 10.2. The molecular formula is C14H19FN6O. The molecule has 0 radical (unpaired) electrons. The van der Waals surface area contributed by atoms with Crippen LogP contribution in [0.4, 0.5) is 10.2 Å². The number of likely N-dealkylation sites (N-methyl/N-ethyl adjacent to an activating group) is 1. The lowest BCUT2D eigenvalue weighted by Gasteiger charge is -2.27. The first kappa shape index (κ1) is 14.8. The van der Waals surface area contributed by atoms with Crippen molar-refractivity contribution in [1.82, 2.24) is 25.0 Å². The molecule has 1 fully saturated rings. The van der Waals surface area contributed by atoms with Crippen molar-refractivity contribution in [2.75, 3.05) is 25.0 Å². The minimum absolute atomic E-state index is 0.0841. The van der Waals surface area contributed by atoms with Gasteiger partial charge < -0.3 is 9.42 Å². The molecule has 2 aromatic rings. The Bertz CT molecular complexity index is 606. The van der Waals surface area contributed by atoms with Crippen LogP contribution in [0.1, 0.15) is 18.1 Å². The molecule has 7 nitrogen and oxygen atoms in total. The highest BCUT2D eigenvalue weighted by molar-refractivity contribution is 5.33. The average molecular weight is 306 g/mol. The highest BCUT2D eigenvalue weighted by atomic mass is 19.1. The lowest BCUT2D eigenvalue weighted by molar-refractivity contribution is 0.228. The molecule has 22 heavy (non-hydrogen) atoms. The van der Waals surface area contributed by atoms with Crippen LogP contribution in [0.2, 0.25) is 0 Å². The van der Waals surface area contributed by atoms with Gasteiger partial charge in [-0.2, -0.15) is 4.98 Å². The topological polar surface area (TPSA) is 71.2 Å². The van der Waals surface area contributed by atoms with E-state index in [2.05, 4.69) is 25.0 Å². The van der Waals surface area contributed by atoms with Crippen molar-refractivity contribution in [3.8, 4) is 0 Å². The summed E-state index contributed by atoms with van der Waals surface area (Å²) in [6.45, 7) is 3.32. The van der Waals surface area contributed by atoms with Gasteiger partial charge in [-0.25, -0.2) is 9.37 Å². The molecular weight excluding hydrogens is 287 g/mol. The molecule has 0 amide bonds. The van der Waals surface area contributed by atoms with Crippen molar-refractivity contribution in [3.05, 3.63) is 30.3 Å². The van der Waals surface area contributed by atoms with E-state index in [1.54, 1.807) is 25.5 Å². The summed E-state index contributed by atoms with van der Waals surface area (Å²) in [4.78, 5) is 16.6. The van der Waals surface area contributed by atoms with Crippen LogP contribution in [0.15, 0.2) is 23.1 Å². The molecule has 2 atom stereocenters. The molecule has 0 spiro atoms. The van der Waals surface area contributed by atoms with E-state index in [0.717, 1.165) is 5.82 Å². The van der Waals surface area contributed by atoms with Crippen molar-refractivity contribution in [2.45, 2.75) is 32.1 Å². The second kappa shape index (κ2) is 6.35. The number of alkyl halides is 1. The van der Waals surface area contributed by atoms with Crippen molar-refractivity contribution >= 4 is 5.82 Å². The van der Waals surface area contributed by atoms with Gasteiger partial charge in [-0.3, -0.25) is 9.88 Å². The van der Waals surface area contributed by atoms with E-state index in [1.165, 1.54) is 0 Å². The van der Waals surface area contributed by atoms with Crippen LogP contribution in [0.25, 0.3) is 0 Å². The number of rotatable bonds is 5. The van der Waals surface area contributed by atoms with Crippen LogP contribution in [0.5, 0.6) is 0 Å². The summed E-state index contributed by atoms with van der Waals surface area (Å²) in [6.07, 6.45) is 4.66. The van der Waals surface area contributed by atoms with Gasteiger partial charge >= 0.3 is 0 Å². The smallest absolute Gasteiger partial charge is 0.223 e. The van der Waals surface area contributed by atoms with Crippen LogP contribution >= 0.6 is 0 Å². The van der Waals surface area contributed by atoms with Gasteiger partial charge in [0.25, 0.3) is 0 Å². The zero-order valence-electron chi connectivity index (χ0n) is 12.7. The Balaban J connectivity index is 1.65. The predicted octanol–water partition coefficient (Wildman–Crippen LogP) is 1.22. The molecule has 1 aliphatic rings. The number of anilines is 1. The number of aryl methyl sites for hydroxylation is 1. The first-order valence-electron chi connectivity index (χ1n) is 7.26. The third-order valence-electron chi connectivity index (χ3n) is 3.82. The van der Waals surface area contributed by atoms with Gasteiger partial charge in [0.05, 0.1) is 12.7 Å². The number of hydrogen-bond acceptors (Lipinski definition) is 7. The van der Waals surface area contributed by atoms with Gasteiger partial charge in [0, 0.05) is 45.5 Å². The van der Waals surface area contributed by atoms with E-state index in [4.69, 9.17) is 4.52 Å². The highest BCUT2D eigenvalue weighted by Crippen LogP contribution is 2.23. The van der Waals surface area contributed by atoms with E-state index >= 15 is 0 Å². The maximum atomic E-state index is 13.8. The summed E-state index contributed by atoms with van der Waals surface area (Å²) < 4.78 is 18.8. The number of halogens is 1. The number of nitrogens with zero attached hydrogens (tertiary/aromatic N) is 6. The van der Waals surface area contributed by atoms with Gasteiger partial charge in [-0.05, 0) is 6.42 Å². The Morgan fingerprint density at radius 2 is 2.32 bits per heavy atom. The van der Waals surface area contributed by atoms with Crippen LogP contribution in [-0.4, -0.2) is 57.4 Å². The molecule has 118 valence electrons. The summed E-state index contributed by atoms with van der Waals surface area (Å²) in [5, 5.41) is 3.89. The summed E-state index contributed by atoms with van der Waals surface area (Å²) in [5.74, 6) is 1.90. The number of aromatic nitrogens is 4. The highest BCUT2D eigenvalue weighted by Gasteiger charge is 2.33. The van der Waals surface area contributed by atoms with E-state index in [-0.39, 0.29) is 6.04 Å². The summed E-state index contributed by atoms with van der Waals surface area (Å²) >= 11 is 0. The molecule has 3 heterocycles. The summed E-state index contributed by atoms with van der Waals surface area (Å²) in [5.41, 5.74) is 0. The van der Waals surface area contributed by atoms with E-state index in [0.29, 0.717) is 37.8 Å². The van der Waals surface area contributed by atoms with Gasteiger partial charge in [-0.15, -0.1) is 0 Å². The second-order valence-corrected chi connectivity index (χ2v) is 5.59. The maximum absolute atomic E-state index is 13.8. The van der Waals surface area contributed by atoms with Crippen molar-refractivity contribution < 1.29 is 8.91 Å². The minimum Gasteiger partial charge on any atom is -0.357 e. The molecule has 0 bridgehead atoms. The van der Waals surface area contributed by atoms with E-state index in [9.17, 15) is 4.39 Å². The molecule has 1 saturated heterocycles. The maximum Gasteiger partial charge on any atom is 0.223 e. The van der Waals surface area contributed by atoms with Crippen LogP contribution in [0.3, 0.4) is 0 Å². The van der Waals surface area contributed by atoms with Crippen molar-refractivity contribution in [3.63, 3.8) is 0 Å². The predicted molar refractivity (Wildman–Crippen MR) is 78.0 cm³/mol. The molecule has 1 aliphatic heterocycles. The molecule has 3 rings (SSSR count). The minimum atomic E-state index is -0.826. The zero-order chi connectivity index (χ0) is 15.5. The number of hydrogen-bond donors (Lipinski definition) is 0. The SMILES string of the molecule is Cc1nc(CN2C[C@@H](F)C[C@H]2CN(C)c2cnccn2)no1. The molecule has 0 aromatic carbocycles. The van der Waals surface area contributed by atoms with Crippen LogP contribution < -0.4 is 4.90 Å².